The number of carbonyl (C=O) groups excluding carboxylic acids is 1. The van der Waals surface area contributed by atoms with Crippen molar-refractivity contribution in [2.75, 3.05) is 18.9 Å². The van der Waals surface area contributed by atoms with Crippen molar-refractivity contribution in [2.45, 2.75) is 59.1 Å². The van der Waals surface area contributed by atoms with Gasteiger partial charge in [0.25, 0.3) is 0 Å². The van der Waals surface area contributed by atoms with Crippen molar-refractivity contribution in [2.24, 2.45) is 5.92 Å². The molecule has 4 N–H and O–H groups in total. The number of carbonyl (C=O) groups is 1. The number of benzene rings is 1. The maximum atomic E-state index is 13.6. The van der Waals surface area contributed by atoms with E-state index in [2.05, 4.69) is 10.1 Å². The Morgan fingerprint density at radius 3 is 2.39 bits per heavy atom. The van der Waals surface area contributed by atoms with Gasteiger partial charge in [-0.15, -0.1) is 0 Å². The number of nitrogens with two attached hydrogens (primary N) is 1. The van der Waals surface area contributed by atoms with Gasteiger partial charge < -0.3 is 24.8 Å². The van der Waals surface area contributed by atoms with Crippen molar-refractivity contribution < 1.29 is 33.0 Å². The lowest BCUT2D eigenvalue weighted by Gasteiger charge is -2.29. The summed E-state index contributed by atoms with van der Waals surface area (Å²) in [5.41, 5.74) is 4.95. The van der Waals surface area contributed by atoms with Crippen molar-refractivity contribution in [3.05, 3.63) is 53.1 Å². The molecule has 0 aliphatic rings. The minimum atomic E-state index is -4.16. The molecule has 0 saturated heterocycles. The van der Waals surface area contributed by atoms with Crippen LogP contribution in [0.3, 0.4) is 0 Å². The van der Waals surface area contributed by atoms with Crippen LogP contribution in [0.15, 0.2) is 47.4 Å². The average Bonchev–Trinajstić information content (AvgIpc) is 2.80. The summed E-state index contributed by atoms with van der Waals surface area (Å²) in [5.74, 6) is -0.552. The second kappa shape index (κ2) is 13.5. The predicted octanol–water partition coefficient (Wildman–Crippen LogP) is 2.49. The Morgan fingerprint density at radius 1 is 1.17 bits per heavy atom. The number of nitrogen functional groups attached to an aromatic ring is 1. The van der Waals surface area contributed by atoms with E-state index in [4.69, 9.17) is 24.3 Å². The lowest BCUT2D eigenvalue weighted by Crippen LogP contribution is -2.38. The number of para-hydroxylation sites is 1. The molecule has 1 unspecified atom stereocenters. The Balaban J connectivity index is 2.20. The van der Waals surface area contributed by atoms with E-state index in [9.17, 15) is 19.3 Å². The smallest absolute Gasteiger partial charge is 0.459 e. The lowest BCUT2D eigenvalue weighted by atomic mass is 10.2. The molecule has 4 atom stereocenters. The minimum absolute atomic E-state index is 0.0657. The fraction of sp³-hybridized carbons (Fsp3) is 0.522. The molecule has 2 aromatic rings. The number of ether oxygens (including phenoxy) is 2. The van der Waals surface area contributed by atoms with E-state index in [1.807, 2.05) is 13.8 Å². The molecule has 0 radical (unpaired) electrons. The highest BCUT2D eigenvalue weighted by molar-refractivity contribution is 7.52. The molecule has 0 fully saturated rings. The van der Waals surface area contributed by atoms with E-state index in [0.717, 1.165) is 0 Å². The van der Waals surface area contributed by atoms with Crippen molar-refractivity contribution in [3.8, 4) is 5.75 Å². The highest BCUT2D eigenvalue weighted by Gasteiger charge is 2.34. The number of anilines is 1. The Bertz CT molecular complexity index is 1080. The molecule has 1 heterocycles. The standard InChI is InChI=1S/C23H35N4O8P/c1-15(2)21(27-12-11-20(24)25-23(27)30)34-19(13-28)14-32-36(31,35-18-9-7-6-8-10-18)26-17(5)22(29)33-16(3)4/h6-12,15-17,19,21,28H,13-14H2,1-5H3,(H,26,31)(H2,24,25,30)/t17-,19+,21-,36?/m1/s1. The molecule has 0 aliphatic heterocycles. The number of aromatic nitrogens is 2. The van der Waals surface area contributed by atoms with Crippen LogP contribution in [0, 0.1) is 5.92 Å². The molecule has 200 valence electrons. The Hall–Kier alpha value is -2.76. The molecule has 1 aromatic carbocycles. The minimum Gasteiger partial charge on any atom is -0.462 e. The molecular formula is C23H35N4O8P. The maximum Gasteiger partial charge on any atom is 0.459 e. The summed E-state index contributed by atoms with van der Waals surface area (Å²) < 4.78 is 37.1. The summed E-state index contributed by atoms with van der Waals surface area (Å²) >= 11 is 0. The summed E-state index contributed by atoms with van der Waals surface area (Å²) in [6.07, 6.45) is -0.760. The van der Waals surface area contributed by atoms with Gasteiger partial charge in [0.2, 0.25) is 0 Å². The molecular weight excluding hydrogens is 491 g/mol. The lowest BCUT2D eigenvalue weighted by molar-refractivity contribution is -0.149. The van der Waals surface area contributed by atoms with Crippen molar-refractivity contribution >= 4 is 19.5 Å². The van der Waals surface area contributed by atoms with Crippen LogP contribution in [-0.2, 0) is 23.4 Å². The molecule has 2 rings (SSSR count). The second-order valence-electron chi connectivity index (χ2n) is 8.65. The molecule has 0 spiro atoms. The van der Waals surface area contributed by atoms with E-state index in [-0.39, 0.29) is 30.2 Å². The molecule has 36 heavy (non-hydrogen) atoms. The van der Waals surface area contributed by atoms with Gasteiger partial charge in [-0.1, -0.05) is 32.0 Å². The summed E-state index contributed by atoms with van der Waals surface area (Å²) in [6.45, 7) is 7.57. The van der Waals surface area contributed by atoms with Crippen LogP contribution in [0.25, 0.3) is 0 Å². The maximum absolute atomic E-state index is 13.6. The van der Waals surface area contributed by atoms with Crippen molar-refractivity contribution in [1.82, 2.24) is 14.6 Å². The molecule has 0 saturated carbocycles. The van der Waals surface area contributed by atoms with Gasteiger partial charge in [-0.2, -0.15) is 10.1 Å². The number of hydrogen-bond donors (Lipinski definition) is 3. The van der Waals surface area contributed by atoms with Gasteiger partial charge in [0.15, 0.2) is 0 Å². The third-order valence-corrected chi connectivity index (χ3v) is 6.33. The largest absolute Gasteiger partial charge is 0.462 e. The first-order valence-electron chi connectivity index (χ1n) is 11.5. The first-order valence-corrected chi connectivity index (χ1v) is 13.1. The highest BCUT2D eigenvalue weighted by Crippen LogP contribution is 2.45. The van der Waals surface area contributed by atoms with Gasteiger partial charge in [-0.25, -0.2) is 9.36 Å². The Morgan fingerprint density at radius 2 is 1.83 bits per heavy atom. The summed E-state index contributed by atoms with van der Waals surface area (Å²) in [7, 11) is -4.16. The van der Waals surface area contributed by atoms with Gasteiger partial charge in [-0.3, -0.25) is 13.9 Å². The van der Waals surface area contributed by atoms with Gasteiger partial charge in [0.1, 0.15) is 29.9 Å². The van der Waals surface area contributed by atoms with Crippen LogP contribution in [0.2, 0.25) is 0 Å². The van der Waals surface area contributed by atoms with E-state index in [0.29, 0.717) is 0 Å². The number of nitrogens with one attached hydrogen (secondary N) is 1. The normalized spacial score (nSPS) is 15.8. The Labute approximate surface area is 210 Å². The molecule has 12 nitrogen and oxygen atoms in total. The molecule has 0 aliphatic carbocycles. The molecule has 13 heteroatoms. The van der Waals surface area contributed by atoms with E-state index < -0.39 is 44.4 Å². The average molecular weight is 527 g/mol. The Kier molecular flexibility index (Phi) is 11.1. The monoisotopic (exact) mass is 526 g/mol. The summed E-state index contributed by atoms with van der Waals surface area (Å²) in [4.78, 5) is 28.3. The fourth-order valence-corrected chi connectivity index (χ4v) is 4.53. The summed E-state index contributed by atoms with van der Waals surface area (Å²) in [6, 6.07) is 8.69. The van der Waals surface area contributed by atoms with Crippen molar-refractivity contribution in [3.63, 3.8) is 0 Å². The fourth-order valence-electron chi connectivity index (χ4n) is 3.01. The molecule has 0 bridgehead atoms. The zero-order valence-corrected chi connectivity index (χ0v) is 22.0. The van der Waals surface area contributed by atoms with Crippen LogP contribution >= 0.6 is 7.75 Å². The van der Waals surface area contributed by atoms with Crippen molar-refractivity contribution in [1.29, 1.82) is 0 Å². The number of nitrogens with zero attached hydrogens (tertiary/aromatic N) is 2. The first kappa shape index (κ1) is 29.5. The van der Waals surface area contributed by atoms with E-state index in [1.165, 1.54) is 23.8 Å². The van der Waals surface area contributed by atoms with E-state index >= 15 is 0 Å². The third-order valence-electron chi connectivity index (χ3n) is 4.69. The zero-order chi connectivity index (χ0) is 26.9. The molecule has 1 aromatic heterocycles. The third kappa shape index (κ3) is 9.03. The van der Waals surface area contributed by atoms with E-state index in [1.54, 1.807) is 44.2 Å². The van der Waals surface area contributed by atoms with Crippen LogP contribution in [0.5, 0.6) is 5.75 Å². The van der Waals surface area contributed by atoms with Gasteiger partial charge in [0.05, 0.1) is 19.3 Å². The quantitative estimate of drug-likeness (QED) is 0.245. The number of aliphatic hydroxyl groups is 1. The van der Waals surface area contributed by atoms with Gasteiger partial charge in [-0.05, 0) is 44.9 Å². The number of esters is 1. The van der Waals surface area contributed by atoms with Crippen LogP contribution in [-0.4, -0.2) is 52.1 Å². The summed E-state index contributed by atoms with van der Waals surface area (Å²) in [5, 5.41) is 12.5. The van der Waals surface area contributed by atoms with Gasteiger partial charge in [0, 0.05) is 6.20 Å². The number of hydrogen-bond acceptors (Lipinski definition) is 10. The van der Waals surface area contributed by atoms with Crippen LogP contribution in [0.1, 0.15) is 40.8 Å². The first-order chi connectivity index (χ1) is 16.9. The SMILES string of the molecule is CC(C)OC(=O)[C@@H](C)NP(=O)(OC[C@H](CO)O[C@H](C(C)C)n1ccc(N)nc1=O)Oc1ccccc1. The molecule has 0 amide bonds. The van der Waals surface area contributed by atoms with Crippen LogP contribution in [0.4, 0.5) is 5.82 Å². The number of rotatable bonds is 14. The number of aliphatic hydroxyl groups excluding tert-OH is 1. The second-order valence-corrected chi connectivity index (χ2v) is 10.3. The van der Waals surface area contributed by atoms with Gasteiger partial charge >= 0.3 is 19.4 Å². The zero-order valence-electron chi connectivity index (χ0n) is 21.1. The highest BCUT2D eigenvalue weighted by atomic mass is 31.2. The predicted molar refractivity (Wildman–Crippen MR) is 133 cm³/mol. The van der Waals surface area contributed by atoms with Crippen LogP contribution < -0.4 is 21.0 Å². The topological polar surface area (TPSA) is 164 Å².